The summed E-state index contributed by atoms with van der Waals surface area (Å²) in [6.45, 7) is 2.86. The first-order valence-corrected chi connectivity index (χ1v) is 8.95. The van der Waals surface area contributed by atoms with Crippen molar-refractivity contribution in [3.8, 4) is 11.1 Å². The molecule has 3 aromatic rings. The van der Waals surface area contributed by atoms with E-state index in [-0.39, 0.29) is 5.56 Å². The number of benzene rings is 1. The maximum atomic E-state index is 12.6. The van der Waals surface area contributed by atoms with Crippen LogP contribution < -0.4 is 10.9 Å². The summed E-state index contributed by atoms with van der Waals surface area (Å²) in [6, 6.07) is 10.3. The van der Waals surface area contributed by atoms with Crippen molar-refractivity contribution in [1.82, 2.24) is 14.9 Å². The number of piperidine rings is 1. The molecule has 4 nitrogen and oxygen atoms in total. The van der Waals surface area contributed by atoms with E-state index in [4.69, 9.17) is 0 Å². The fourth-order valence-corrected chi connectivity index (χ4v) is 4.67. The van der Waals surface area contributed by atoms with E-state index in [1.54, 1.807) is 17.4 Å². The van der Waals surface area contributed by atoms with Crippen LogP contribution in [0.3, 0.4) is 0 Å². The molecular formula is C18H17N3OS. The molecular weight excluding hydrogens is 306 g/mol. The first-order valence-electron chi connectivity index (χ1n) is 8.07. The molecule has 0 amide bonds. The van der Waals surface area contributed by atoms with E-state index < -0.39 is 0 Å². The third-order valence-corrected chi connectivity index (χ3v) is 5.93. The Hall–Kier alpha value is -1.98. The molecule has 2 aromatic heterocycles. The van der Waals surface area contributed by atoms with Gasteiger partial charge < -0.3 is 9.88 Å². The van der Waals surface area contributed by atoms with Crippen molar-refractivity contribution in [2.45, 2.75) is 18.9 Å². The van der Waals surface area contributed by atoms with Gasteiger partial charge in [-0.15, -0.1) is 11.3 Å². The normalized spacial score (nSPS) is 23.0. The quantitative estimate of drug-likeness (QED) is 0.749. The van der Waals surface area contributed by atoms with Gasteiger partial charge in [-0.3, -0.25) is 4.79 Å². The van der Waals surface area contributed by atoms with Gasteiger partial charge in [-0.1, -0.05) is 6.07 Å². The second kappa shape index (κ2) is 5.01. The Kier molecular flexibility index (Phi) is 2.93. The van der Waals surface area contributed by atoms with Crippen molar-refractivity contribution < 1.29 is 0 Å². The average molecular weight is 323 g/mol. The number of rotatable bonds is 1. The highest BCUT2D eigenvalue weighted by molar-refractivity contribution is 7.16. The number of hydrogen-bond donors (Lipinski definition) is 1. The largest absolute Gasteiger partial charge is 0.316 e. The highest BCUT2D eigenvalue weighted by Crippen LogP contribution is 2.34. The monoisotopic (exact) mass is 323 g/mol. The summed E-state index contributed by atoms with van der Waals surface area (Å²) in [6.07, 6.45) is 1.20. The maximum absolute atomic E-state index is 12.6. The molecule has 0 spiro atoms. The molecule has 2 bridgehead atoms. The molecule has 1 fully saturated rings. The van der Waals surface area contributed by atoms with Crippen LogP contribution in [0.2, 0.25) is 0 Å². The number of nitrogens with zero attached hydrogens (tertiary/aromatic N) is 2. The summed E-state index contributed by atoms with van der Waals surface area (Å²) < 4.78 is 3.17. The van der Waals surface area contributed by atoms with Crippen LogP contribution in [-0.2, 0) is 6.54 Å². The van der Waals surface area contributed by atoms with Crippen molar-refractivity contribution in [1.29, 1.82) is 0 Å². The highest BCUT2D eigenvalue weighted by Gasteiger charge is 2.31. The molecule has 2 aliphatic heterocycles. The Bertz CT molecular complexity index is 958. The molecule has 23 heavy (non-hydrogen) atoms. The number of thiazole rings is 1. The van der Waals surface area contributed by atoms with Gasteiger partial charge in [-0.05, 0) is 48.2 Å². The van der Waals surface area contributed by atoms with Crippen LogP contribution in [0.25, 0.3) is 21.3 Å². The number of aromatic nitrogens is 2. The number of fused-ring (bicyclic) bond motifs is 5. The van der Waals surface area contributed by atoms with E-state index in [1.807, 2.05) is 10.1 Å². The molecule has 0 unspecified atom stereocenters. The zero-order valence-corrected chi connectivity index (χ0v) is 13.5. The number of hydrogen-bond acceptors (Lipinski definition) is 4. The van der Waals surface area contributed by atoms with Crippen LogP contribution in [0.5, 0.6) is 0 Å². The van der Waals surface area contributed by atoms with Gasteiger partial charge in [-0.25, -0.2) is 4.98 Å². The number of nitrogens with one attached hydrogen (secondary N) is 1. The first kappa shape index (κ1) is 13.5. The van der Waals surface area contributed by atoms with E-state index in [0.29, 0.717) is 11.8 Å². The molecule has 2 aliphatic rings. The minimum Gasteiger partial charge on any atom is -0.316 e. The lowest BCUT2D eigenvalue weighted by Gasteiger charge is -2.37. The molecule has 2 atom stereocenters. The highest BCUT2D eigenvalue weighted by atomic mass is 32.1. The van der Waals surface area contributed by atoms with Gasteiger partial charge in [0.25, 0.3) is 5.56 Å². The predicted octanol–water partition coefficient (Wildman–Crippen LogP) is 2.83. The Morgan fingerprint density at radius 2 is 2.13 bits per heavy atom. The molecule has 5 heteroatoms. The van der Waals surface area contributed by atoms with Crippen molar-refractivity contribution in [2.24, 2.45) is 5.92 Å². The molecule has 1 aromatic carbocycles. The van der Waals surface area contributed by atoms with Gasteiger partial charge >= 0.3 is 0 Å². The van der Waals surface area contributed by atoms with Crippen LogP contribution in [-0.4, -0.2) is 22.6 Å². The Labute approximate surface area is 137 Å². The third kappa shape index (κ3) is 2.15. The Balaban J connectivity index is 1.67. The van der Waals surface area contributed by atoms with Crippen LogP contribution in [0.1, 0.15) is 18.0 Å². The average Bonchev–Trinajstić information content (AvgIpc) is 3.03. The zero-order valence-electron chi connectivity index (χ0n) is 12.7. The fourth-order valence-electron chi connectivity index (χ4n) is 4.01. The van der Waals surface area contributed by atoms with Crippen molar-refractivity contribution >= 4 is 21.6 Å². The first-order chi connectivity index (χ1) is 11.3. The zero-order chi connectivity index (χ0) is 15.4. The SMILES string of the molecule is O=c1cc(-c2ccc3scnc3c2)cc2n1C[C@@H]1CNC[C@H]2C1. The minimum absolute atomic E-state index is 0.132. The topological polar surface area (TPSA) is 46.9 Å². The van der Waals surface area contributed by atoms with Gasteiger partial charge in [0.1, 0.15) is 0 Å². The van der Waals surface area contributed by atoms with E-state index in [0.717, 1.165) is 36.3 Å². The molecule has 1 saturated heterocycles. The van der Waals surface area contributed by atoms with E-state index in [2.05, 4.69) is 34.6 Å². The van der Waals surface area contributed by atoms with Crippen molar-refractivity contribution in [3.05, 3.63) is 51.9 Å². The lowest BCUT2D eigenvalue weighted by Crippen LogP contribution is -2.44. The van der Waals surface area contributed by atoms with Crippen LogP contribution >= 0.6 is 11.3 Å². The Morgan fingerprint density at radius 1 is 1.17 bits per heavy atom. The summed E-state index contributed by atoms with van der Waals surface area (Å²) in [5.41, 5.74) is 6.28. The van der Waals surface area contributed by atoms with E-state index >= 15 is 0 Å². The minimum atomic E-state index is 0.132. The molecule has 116 valence electrons. The Morgan fingerprint density at radius 3 is 3.09 bits per heavy atom. The van der Waals surface area contributed by atoms with Gasteiger partial charge in [0.2, 0.25) is 0 Å². The van der Waals surface area contributed by atoms with Crippen LogP contribution in [0.4, 0.5) is 0 Å². The summed E-state index contributed by atoms with van der Waals surface area (Å²) in [4.78, 5) is 17.0. The van der Waals surface area contributed by atoms with Crippen molar-refractivity contribution in [2.75, 3.05) is 13.1 Å². The number of pyridine rings is 1. The summed E-state index contributed by atoms with van der Waals surface area (Å²) >= 11 is 1.64. The second-order valence-corrected chi connectivity index (χ2v) is 7.50. The summed E-state index contributed by atoms with van der Waals surface area (Å²) in [7, 11) is 0. The molecule has 0 saturated carbocycles. The van der Waals surface area contributed by atoms with Gasteiger partial charge in [0.15, 0.2) is 0 Å². The molecule has 0 radical (unpaired) electrons. The van der Waals surface area contributed by atoms with E-state index in [9.17, 15) is 4.79 Å². The molecule has 1 N–H and O–H groups in total. The standard InChI is InChI=1S/C18H17N3OS/c22-18-6-13(12-1-2-17-15(4-12)20-10-23-17)5-16-14-3-11(7-19-8-14)9-21(16)18/h1-2,4-6,10-11,14,19H,3,7-9H2/t11-,14+/m0/s1. The summed E-state index contributed by atoms with van der Waals surface area (Å²) in [5, 5.41) is 3.50. The third-order valence-electron chi connectivity index (χ3n) is 5.12. The van der Waals surface area contributed by atoms with Gasteiger partial charge in [-0.2, -0.15) is 0 Å². The van der Waals surface area contributed by atoms with Crippen LogP contribution in [0.15, 0.2) is 40.6 Å². The fraction of sp³-hybridized carbons (Fsp3) is 0.333. The predicted molar refractivity (Wildman–Crippen MR) is 93.0 cm³/mol. The molecule has 0 aliphatic carbocycles. The summed E-state index contributed by atoms with van der Waals surface area (Å²) in [5.74, 6) is 1.05. The van der Waals surface area contributed by atoms with Gasteiger partial charge in [0, 0.05) is 30.8 Å². The van der Waals surface area contributed by atoms with Crippen LogP contribution in [0, 0.1) is 5.92 Å². The smallest absolute Gasteiger partial charge is 0.251 e. The molecule has 5 rings (SSSR count). The van der Waals surface area contributed by atoms with E-state index in [1.165, 1.54) is 16.8 Å². The van der Waals surface area contributed by atoms with Crippen molar-refractivity contribution in [3.63, 3.8) is 0 Å². The maximum Gasteiger partial charge on any atom is 0.251 e. The lowest BCUT2D eigenvalue weighted by molar-refractivity contribution is 0.257. The molecule has 4 heterocycles. The second-order valence-electron chi connectivity index (χ2n) is 6.61. The lowest BCUT2D eigenvalue weighted by atomic mass is 9.83. The van der Waals surface area contributed by atoms with Gasteiger partial charge in [0.05, 0.1) is 15.7 Å².